The predicted octanol–water partition coefficient (Wildman–Crippen LogP) is 1.08. The summed E-state index contributed by atoms with van der Waals surface area (Å²) in [6.45, 7) is 3.04. The second-order valence-electron chi connectivity index (χ2n) is 4.40. The molecule has 1 saturated heterocycles. The molecule has 19 heavy (non-hydrogen) atoms. The number of benzene rings is 1. The third-order valence-corrected chi connectivity index (χ3v) is 3.32. The summed E-state index contributed by atoms with van der Waals surface area (Å²) in [5.41, 5.74) is 0. The van der Waals surface area contributed by atoms with Gasteiger partial charge in [0.2, 0.25) is 0 Å². The van der Waals surface area contributed by atoms with Crippen LogP contribution in [0.25, 0.3) is 0 Å². The fourth-order valence-electron chi connectivity index (χ4n) is 2.10. The Kier molecular flexibility index (Phi) is 5.01. The van der Waals surface area contributed by atoms with Crippen LogP contribution in [0.1, 0.15) is 0 Å². The molecule has 6 heteroatoms. The molecule has 1 aliphatic rings. The molecule has 1 heterocycles. The fourth-order valence-corrected chi connectivity index (χ4v) is 2.28. The van der Waals surface area contributed by atoms with Crippen molar-refractivity contribution < 1.29 is 14.6 Å². The van der Waals surface area contributed by atoms with E-state index in [0.717, 1.165) is 13.1 Å². The van der Waals surface area contributed by atoms with Crippen LogP contribution in [0, 0.1) is 0 Å². The van der Waals surface area contributed by atoms with Crippen LogP contribution in [0.4, 0.5) is 0 Å². The van der Waals surface area contributed by atoms with Crippen molar-refractivity contribution in [3.8, 4) is 5.75 Å². The highest BCUT2D eigenvalue weighted by Crippen LogP contribution is 2.17. The van der Waals surface area contributed by atoms with Crippen LogP contribution < -0.4 is 10.1 Å². The van der Waals surface area contributed by atoms with E-state index in [1.807, 2.05) is 17.0 Å². The van der Waals surface area contributed by atoms with Gasteiger partial charge < -0.3 is 15.2 Å². The van der Waals surface area contributed by atoms with E-state index in [0.29, 0.717) is 30.5 Å². The molecule has 0 amide bonds. The van der Waals surface area contributed by atoms with Gasteiger partial charge in [-0.3, -0.25) is 9.69 Å². The van der Waals surface area contributed by atoms with Gasteiger partial charge in [0, 0.05) is 31.2 Å². The minimum atomic E-state index is -0.796. The highest BCUT2D eigenvalue weighted by atomic mass is 35.5. The first-order chi connectivity index (χ1) is 9.16. The lowest BCUT2D eigenvalue weighted by Gasteiger charge is -2.33. The first-order valence-electron chi connectivity index (χ1n) is 6.23. The maximum atomic E-state index is 11.1. The van der Waals surface area contributed by atoms with Crippen LogP contribution in [0.2, 0.25) is 5.02 Å². The van der Waals surface area contributed by atoms with Crippen molar-refractivity contribution in [2.24, 2.45) is 0 Å². The summed E-state index contributed by atoms with van der Waals surface area (Å²) in [4.78, 5) is 13.0. The van der Waals surface area contributed by atoms with Crippen molar-refractivity contribution >= 4 is 17.6 Å². The monoisotopic (exact) mass is 284 g/mol. The van der Waals surface area contributed by atoms with Crippen LogP contribution in [-0.2, 0) is 4.79 Å². The highest BCUT2D eigenvalue weighted by molar-refractivity contribution is 6.30. The second kappa shape index (κ2) is 6.75. The summed E-state index contributed by atoms with van der Waals surface area (Å²) >= 11 is 5.86. The van der Waals surface area contributed by atoms with Crippen molar-refractivity contribution in [2.75, 3.05) is 32.8 Å². The molecule has 0 bridgehead atoms. The van der Waals surface area contributed by atoms with Crippen LogP contribution in [0.3, 0.4) is 0 Å². The van der Waals surface area contributed by atoms with Crippen LogP contribution in [0.15, 0.2) is 24.3 Å². The quantitative estimate of drug-likeness (QED) is 0.847. The number of ether oxygens (including phenoxy) is 1. The molecule has 1 unspecified atom stereocenters. The molecule has 2 rings (SSSR count). The van der Waals surface area contributed by atoms with Crippen molar-refractivity contribution in [1.82, 2.24) is 10.2 Å². The Hall–Kier alpha value is -1.30. The molecule has 1 atom stereocenters. The van der Waals surface area contributed by atoms with Crippen molar-refractivity contribution in [1.29, 1.82) is 0 Å². The molecule has 1 aliphatic heterocycles. The number of nitrogens with zero attached hydrogens (tertiary/aromatic N) is 1. The lowest BCUT2D eigenvalue weighted by atomic mass is 10.2. The summed E-state index contributed by atoms with van der Waals surface area (Å²) in [5.74, 6) is -0.0931. The summed E-state index contributed by atoms with van der Waals surface area (Å²) in [7, 11) is 0. The lowest BCUT2D eigenvalue weighted by molar-refractivity contribution is -0.144. The van der Waals surface area contributed by atoms with Crippen LogP contribution >= 0.6 is 11.6 Å². The smallest absolute Gasteiger partial charge is 0.322 e. The standard InChI is InChI=1S/C13H17ClN2O3/c14-10-2-1-3-11(8-10)19-7-6-16-5-4-15-9-12(16)13(17)18/h1-3,8,12,15H,4-7,9H2,(H,17,18). The van der Waals surface area contributed by atoms with Gasteiger partial charge in [0.05, 0.1) is 0 Å². The van der Waals surface area contributed by atoms with Gasteiger partial charge in [0.15, 0.2) is 0 Å². The van der Waals surface area contributed by atoms with Crippen LogP contribution in [0.5, 0.6) is 5.75 Å². The number of nitrogens with one attached hydrogen (secondary N) is 1. The lowest BCUT2D eigenvalue weighted by Crippen LogP contribution is -2.55. The number of hydrogen-bond donors (Lipinski definition) is 2. The van der Waals surface area contributed by atoms with Gasteiger partial charge in [-0.05, 0) is 18.2 Å². The molecule has 0 aromatic heterocycles. The maximum Gasteiger partial charge on any atom is 0.322 e. The van der Waals surface area contributed by atoms with E-state index in [1.54, 1.807) is 12.1 Å². The largest absolute Gasteiger partial charge is 0.492 e. The Bertz CT molecular complexity index is 442. The van der Waals surface area contributed by atoms with E-state index in [-0.39, 0.29) is 0 Å². The Labute approximate surface area is 117 Å². The molecule has 0 spiro atoms. The molecule has 0 radical (unpaired) electrons. The number of halogens is 1. The van der Waals surface area contributed by atoms with E-state index < -0.39 is 12.0 Å². The summed E-state index contributed by atoms with van der Waals surface area (Å²) < 4.78 is 5.58. The normalized spacial score (nSPS) is 20.2. The van der Waals surface area contributed by atoms with Crippen molar-refractivity contribution in [3.63, 3.8) is 0 Å². The molecular weight excluding hydrogens is 268 g/mol. The minimum Gasteiger partial charge on any atom is -0.492 e. The van der Waals surface area contributed by atoms with Gasteiger partial charge in [0.25, 0.3) is 0 Å². The molecular formula is C13H17ClN2O3. The molecule has 104 valence electrons. The van der Waals surface area contributed by atoms with Gasteiger partial charge in [-0.2, -0.15) is 0 Å². The Morgan fingerprint density at radius 3 is 3.16 bits per heavy atom. The number of piperazine rings is 1. The molecule has 2 N–H and O–H groups in total. The maximum absolute atomic E-state index is 11.1. The van der Waals surface area contributed by atoms with E-state index in [1.165, 1.54) is 0 Å². The Morgan fingerprint density at radius 2 is 2.42 bits per heavy atom. The Morgan fingerprint density at radius 1 is 1.58 bits per heavy atom. The third kappa shape index (κ3) is 4.09. The SMILES string of the molecule is O=C(O)C1CNCCN1CCOc1cccc(Cl)c1. The van der Waals surface area contributed by atoms with Gasteiger partial charge in [-0.25, -0.2) is 0 Å². The first kappa shape index (κ1) is 14.1. The number of carboxylic acid groups (broad SMARTS) is 1. The zero-order valence-electron chi connectivity index (χ0n) is 10.5. The minimum absolute atomic E-state index is 0.449. The highest BCUT2D eigenvalue weighted by Gasteiger charge is 2.27. The van der Waals surface area contributed by atoms with Gasteiger partial charge in [0.1, 0.15) is 18.4 Å². The molecule has 5 nitrogen and oxygen atoms in total. The third-order valence-electron chi connectivity index (χ3n) is 3.08. The summed E-state index contributed by atoms with van der Waals surface area (Å²) in [5, 5.41) is 12.8. The fraction of sp³-hybridized carbons (Fsp3) is 0.462. The number of rotatable bonds is 5. The summed E-state index contributed by atoms with van der Waals surface area (Å²) in [6.07, 6.45) is 0. The topological polar surface area (TPSA) is 61.8 Å². The molecule has 0 saturated carbocycles. The zero-order valence-corrected chi connectivity index (χ0v) is 11.3. The van der Waals surface area contributed by atoms with E-state index in [4.69, 9.17) is 21.4 Å². The number of aliphatic carboxylic acids is 1. The van der Waals surface area contributed by atoms with Crippen molar-refractivity contribution in [3.05, 3.63) is 29.3 Å². The first-order valence-corrected chi connectivity index (χ1v) is 6.60. The molecule has 0 aliphatic carbocycles. The van der Waals surface area contributed by atoms with Gasteiger partial charge in [-0.1, -0.05) is 17.7 Å². The number of carbonyl (C=O) groups is 1. The number of hydrogen-bond acceptors (Lipinski definition) is 4. The molecule has 1 aromatic carbocycles. The molecule has 1 aromatic rings. The summed E-state index contributed by atoms with van der Waals surface area (Å²) in [6, 6.07) is 6.71. The van der Waals surface area contributed by atoms with E-state index in [9.17, 15) is 4.79 Å². The number of carboxylic acids is 1. The Balaban J connectivity index is 1.82. The van der Waals surface area contributed by atoms with Crippen molar-refractivity contribution in [2.45, 2.75) is 6.04 Å². The zero-order chi connectivity index (χ0) is 13.7. The van der Waals surface area contributed by atoms with Gasteiger partial charge in [-0.15, -0.1) is 0 Å². The van der Waals surface area contributed by atoms with Gasteiger partial charge >= 0.3 is 5.97 Å². The average Bonchev–Trinajstić information content (AvgIpc) is 2.39. The average molecular weight is 285 g/mol. The van der Waals surface area contributed by atoms with E-state index in [2.05, 4.69) is 5.32 Å². The molecule has 1 fully saturated rings. The predicted molar refractivity (Wildman–Crippen MR) is 72.8 cm³/mol. The second-order valence-corrected chi connectivity index (χ2v) is 4.84. The van der Waals surface area contributed by atoms with E-state index >= 15 is 0 Å². The van der Waals surface area contributed by atoms with Crippen LogP contribution in [-0.4, -0.2) is 54.8 Å².